The molecule has 2 aromatic rings. The molecule has 0 spiro atoms. The number of anilines is 1. The molecule has 31 heavy (non-hydrogen) atoms. The molecule has 0 aliphatic carbocycles. The van der Waals surface area contributed by atoms with Crippen LogP contribution in [0.2, 0.25) is 5.15 Å². The number of halogens is 2. The van der Waals surface area contributed by atoms with Crippen molar-refractivity contribution in [2.24, 2.45) is 5.41 Å². The number of ether oxygens (including phenoxy) is 1. The van der Waals surface area contributed by atoms with Gasteiger partial charge >= 0.3 is 0 Å². The number of carbonyl (C=O) groups excluding carboxylic acids is 1. The van der Waals surface area contributed by atoms with E-state index in [-0.39, 0.29) is 41.1 Å². The summed E-state index contributed by atoms with van der Waals surface area (Å²) >= 11 is 6.28. The first-order chi connectivity index (χ1) is 14.5. The first-order valence-corrected chi connectivity index (χ1v) is 12.6. The van der Waals surface area contributed by atoms with Crippen molar-refractivity contribution in [2.75, 3.05) is 30.7 Å². The lowest BCUT2D eigenvalue weighted by atomic mass is 9.96. The maximum atomic E-state index is 13.7. The Bertz CT molecular complexity index is 1040. The number of nitrogens with zero attached hydrogens (tertiary/aromatic N) is 4. The summed E-state index contributed by atoms with van der Waals surface area (Å²) in [6, 6.07) is 2.03. The molecule has 1 amide bonds. The quantitative estimate of drug-likeness (QED) is 0.421. The van der Waals surface area contributed by atoms with Crippen LogP contribution in [0.3, 0.4) is 0 Å². The molecule has 8 nitrogen and oxygen atoms in total. The Morgan fingerprint density at radius 2 is 2.03 bits per heavy atom. The summed E-state index contributed by atoms with van der Waals surface area (Å²) in [4.78, 5) is 20.7. The van der Waals surface area contributed by atoms with Gasteiger partial charge in [0.1, 0.15) is 43.1 Å². The second-order valence-electron chi connectivity index (χ2n) is 8.31. The molecule has 2 rings (SSSR count). The molecule has 0 unspecified atom stereocenters. The van der Waals surface area contributed by atoms with E-state index in [9.17, 15) is 19.0 Å². The van der Waals surface area contributed by atoms with Crippen LogP contribution in [0.1, 0.15) is 40.2 Å². The molecule has 170 valence electrons. The van der Waals surface area contributed by atoms with Gasteiger partial charge in [0.05, 0.1) is 17.5 Å². The summed E-state index contributed by atoms with van der Waals surface area (Å²) < 4.78 is 33.4. The monoisotopic (exact) mass is 471 g/mol. The summed E-state index contributed by atoms with van der Waals surface area (Å²) in [6.45, 7) is 8.10. The van der Waals surface area contributed by atoms with Crippen LogP contribution in [0.25, 0.3) is 11.0 Å². The predicted octanol–water partition coefficient (Wildman–Crippen LogP) is 4.66. The van der Waals surface area contributed by atoms with Crippen molar-refractivity contribution in [3.8, 4) is 6.07 Å². The van der Waals surface area contributed by atoms with E-state index in [2.05, 4.69) is 15.3 Å². The lowest BCUT2D eigenvalue weighted by Gasteiger charge is -2.20. The Balaban J connectivity index is 2.39. The van der Waals surface area contributed by atoms with Crippen molar-refractivity contribution >= 4 is 41.6 Å². The third-order valence-electron chi connectivity index (χ3n) is 4.97. The van der Waals surface area contributed by atoms with Gasteiger partial charge in [0, 0.05) is 23.9 Å². The summed E-state index contributed by atoms with van der Waals surface area (Å²) in [5, 5.41) is 12.4. The van der Waals surface area contributed by atoms with Gasteiger partial charge in [-0.2, -0.15) is 15.2 Å². The van der Waals surface area contributed by atoms with Gasteiger partial charge in [-0.1, -0.05) is 46.2 Å². The number of nitrogens with one attached hydrogen (secondary N) is 1. The minimum Gasteiger partial charge on any atom is -0.366 e. The number of alkyl halides is 1. The third kappa shape index (κ3) is 6.03. The van der Waals surface area contributed by atoms with E-state index in [1.165, 1.54) is 6.20 Å². The summed E-state index contributed by atoms with van der Waals surface area (Å²) in [6.07, 6.45) is 1.56. The Kier molecular flexibility index (Phi) is 8.21. The van der Waals surface area contributed by atoms with E-state index in [1.807, 2.05) is 19.9 Å². The summed E-state index contributed by atoms with van der Waals surface area (Å²) in [5.74, 6) is -0.318. The van der Waals surface area contributed by atoms with E-state index in [0.717, 1.165) is 0 Å². The molecule has 0 aliphatic heterocycles. The lowest BCUT2D eigenvalue weighted by Crippen LogP contribution is -2.28. The van der Waals surface area contributed by atoms with Crippen LogP contribution < -0.4 is 5.32 Å². The molecule has 0 radical (unpaired) electrons. The molecule has 0 aromatic carbocycles. The van der Waals surface area contributed by atoms with Crippen molar-refractivity contribution < 1.29 is 18.5 Å². The lowest BCUT2D eigenvalue weighted by molar-refractivity contribution is -0.123. The van der Waals surface area contributed by atoms with Gasteiger partial charge in [0.2, 0.25) is 11.9 Å². The molecular formula is C20H28ClFN5O3P. The highest BCUT2D eigenvalue weighted by molar-refractivity contribution is 7.63. The van der Waals surface area contributed by atoms with E-state index in [0.29, 0.717) is 17.7 Å². The first-order valence-electron chi connectivity index (χ1n) is 10.0. The van der Waals surface area contributed by atoms with Crippen LogP contribution in [-0.2, 0) is 20.6 Å². The Morgan fingerprint density at radius 3 is 2.55 bits per heavy atom. The minimum absolute atomic E-state index is 0.00342. The highest BCUT2D eigenvalue weighted by atomic mass is 35.5. The van der Waals surface area contributed by atoms with E-state index < -0.39 is 25.3 Å². The predicted molar refractivity (Wildman–Crippen MR) is 120 cm³/mol. The Hall–Kier alpha value is -2.01. The zero-order valence-corrected chi connectivity index (χ0v) is 20.1. The van der Waals surface area contributed by atoms with Crippen LogP contribution in [0.4, 0.5) is 10.3 Å². The van der Waals surface area contributed by atoms with Gasteiger partial charge in [0.15, 0.2) is 0 Å². The van der Waals surface area contributed by atoms with Crippen molar-refractivity contribution in [2.45, 2.75) is 47.3 Å². The Morgan fingerprint density at radius 1 is 1.39 bits per heavy atom. The molecule has 1 atom stereocenters. The number of fused-ring (bicyclic) bond motifs is 1. The summed E-state index contributed by atoms with van der Waals surface area (Å²) in [7, 11) is -2.49. The van der Waals surface area contributed by atoms with Gasteiger partial charge in [-0.15, -0.1) is 0 Å². The number of hydrogen-bond donors (Lipinski definition) is 1. The molecule has 2 aromatic heterocycles. The topological polar surface area (TPSA) is 110 Å². The molecule has 0 bridgehead atoms. The normalized spacial score (nSPS) is 13.2. The fourth-order valence-corrected chi connectivity index (χ4v) is 4.29. The molecule has 11 heteroatoms. The number of rotatable bonds is 9. The van der Waals surface area contributed by atoms with Crippen molar-refractivity contribution in [3.05, 3.63) is 16.9 Å². The van der Waals surface area contributed by atoms with Gasteiger partial charge in [-0.25, -0.2) is 4.39 Å². The molecule has 0 fully saturated rings. The second-order valence-corrected chi connectivity index (χ2v) is 12.3. The van der Waals surface area contributed by atoms with Crippen LogP contribution in [0.15, 0.2) is 6.20 Å². The number of nitriles is 1. The zero-order valence-electron chi connectivity index (χ0n) is 18.4. The minimum atomic E-state index is -2.49. The van der Waals surface area contributed by atoms with Crippen molar-refractivity contribution in [1.29, 1.82) is 5.26 Å². The molecule has 1 N–H and O–H groups in total. The SMILES string of the molecule is CCP(=O)(CC)CO[C@@H](CF)Cn1cc(C#N)c2c(Cl)nc(NC(=O)C(C)(C)C)nc21. The van der Waals surface area contributed by atoms with Gasteiger partial charge in [0.25, 0.3) is 0 Å². The first kappa shape index (κ1) is 25.3. The highest BCUT2D eigenvalue weighted by Crippen LogP contribution is 2.44. The van der Waals surface area contributed by atoms with Crippen molar-refractivity contribution in [1.82, 2.24) is 14.5 Å². The average molecular weight is 472 g/mol. The van der Waals surface area contributed by atoms with Crippen LogP contribution in [0, 0.1) is 16.7 Å². The number of amides is 1. The maximum absolute atomic E-state index is 13.7. The van der Waals surface area contributed by atoms with Crippen LogP contribution in [-0.4, -0.2) is 51.9 Å². The van der Waals surface area contributed by atoms with Gasteiger partial charge in [-0.3, -0.25) is 10.1 Å². The third-order valence-corrected chi connectivity index (χ3v) is 8.17. The van der Waals surface area contributed by atoms with Crippen LogP contribution in [0.5, 0.6) is 0 Å². The largest absolute Gasteiger partial charge is 0.366 e. The zero-order chi connectivity index (χ0) is 23.4. The van der Waals surface area contributed by atoms with Crippen LogP contribution >= 0.6 is 18.7 Å². The second kappa shape index (κ2) is 10.1. The molecule has 0 saturated carbocycles. The molecular weight excluding hydrogens is 444 g/mol. The molecule has 0 aliphatic rings. The van der Waals surface area contributed by atoms with E-state index in [1.54, 1.807) is 25.3 Å². The Labute approximate surface area is 186 Å². The summed E-state index contributed by atoms with van der Waals surface area (Å²) in [5.41, 5.74) is -0.180. The average Bonchev–Trinajstić information content (AvgIpc) is 3.08. The highest BCUT2D eigenvalue weighted by Gasteiger charge is 2.25. The fraction of sp³-hybridized carbons (Fsp3) is 0.600. The van der Waals surface area contributed by atoms with Gasteiger partial charge in [-0.05, 0) is 0 Å². The van der Waals surface area contributed by atoms with Crippen molar-refractivity contribution in [3.63, 3.8) is 0 Å². The van der Waals surface area contributed by atoms with E-state index in [4.69, 9.17) is 16.3 Å². The smallest absolute Gasteiger partial charge is 0.232 e. The fourth-order valence-electron chi connectivity index (χ4n) is 2.73. The van der Waals surface area contributed by atoms with Gasteiger partial charge < -0.3 is 13.9 Å². The molecule has 2 heterocycles. The maximum Gasteiger partial charge on any atom is 0.232 e. The number of hydrogen-bond acceptors (Lipinski definition) is 6. The molecule has 0 saturated heterocycles. The standard InChI is InChI=1S/C20H28ClFN5O3P/c1-6-31(29,7-2)12-30-14(8-22)11-27-10-13(9-23)15-16(21)24-19(25-17(15)27)26-18(28)20(3,4)5/h10,14H,6-8,11-12H2,1-5H3,(H,24,25,26,28)/t14-/m0/s1. The number of carbonyl (C=O) groups is 1. The van der Waals surface area contributed by atoms with E-state index >= 15 is 0 Å². The number of aromatic nitrogens is 3.